The average molecular weight is 351 g/mol. The molecule has 0 aliphatic carbocycles. The lowest BCUT2D eigenvalue weighted by Gasteiger charge is -2.18. The Kier molecular flexibility index (Phi) is 6.39. The summed E-state index contributed by atoms with van der Waals surface area (Å²) >= 11 is 1.26. The Morgan fingerprint density at radius 3 is 2.62 bits per heavy atom. The average Bonchev–Trinajstić information content (AvgIpc) is 2.95. The molecule has 6 nitrogen and oxygen atoms in total. The quantitative estimate of drug-likeness (QED) is 0.764. The fraction of sp³-hybridized carbons (Fsp3) is 0.312. The zero-order valence-electron chi connectivity index (χ0n) is 13.2. The van der Waals surface area contributed by atoms with Crippen LogP contribution in [0.2, 0.25) is 0 Å². The van der Waals surface area contributed by atoms with E-state index in [2.05, 4.69) is 10.3 Å². The number of aromatic nitrogens is 1. The van der Waals surface area contributed by atoms with Gasteiger partial charge in [-0.25, -0.2) is 9.37 Å². The minimum Gasteiger partial charge on any atom is -0.480 e. The highest BCUT2D eigenvalue weighted by Gasteiger charge is 2.14. The van der Waals surface area contributed by atoms with Gasteiger partial charge >= 0.3 is 5.97 Å². The first kappa shape index (κ1) is 18.0. The zero-order chi connectivity index (χ0) is 17.5. The number of hydrogen-bond acceptors (Lipinski definition) is 5. The number of nitrogens with zero attached hydrogens (tertiary/aromatic N) is 2. The van der Waals surface area contributed by atoms with Gasteiger partial charge in [0, 0.05) is 10.9 Å². The van der Waals surface area contributed by atoms with Crippen molar-refractivity contribution in [3.63, 3.8) is 0 Å². The number of carbonyl (C=O) groups excluding carboxylic acids is 1. The maximum absolute atomic E-state index is 12.9. The molecule has 1 aromatic heterocycles. The summed E-state index contributed by atoms with van der Waals surface area (Å²) in [6.07, 6.45) is 0.756. The van der Waals surface area contributed by atoms with E-state index in [1.54, 1.807) is 22.4 Å². The SMILES string of the molecule is CCCN(CC(=O)O)CC(=O)Nc1nc(-c2ccc(F)cc2)cs1. The number of halogens is 1. The first-order valence-electron chi connectivity index (χ1n) is 7.43. The third-order valence-corrected chi connectivity index (χ3v) is 3.91. The van der Waals surface area contributed by atoms with E-state index in [9.17, 15) is 14.0 Å². The number of amides is 1. The van der Waals surface area contributed by atoms with Crippen LogP contribution < -0.4 is 5.32 Å². The molecule has 2 rings (SSSR count). The van der Waals surface area contributed by atoms with Gasteiger partial charge in [-0.15, -0.1) is 11.3 Å². The number of carboxylic acid groups (broad SMARTS) is 1. The Morgan fingerprint density at radius 1 is 1.29 bits per heavy atom. The first-order valence-corrected chi connectivity index (χ1v) is 8.31. The lowest BCUT2D eigenvalue weighted by Crippen LogP contribution is -2.37. The number of hydrogen-bond donors (Lipinski definition) is 2. The molecule has 0 saturated heterocycles. The van der Waals surface area contributed by atoms with Crippen molar-refractivity contribution >= 4 is 28.3 Å². The molecule has 0 atom stereocenters. The van der Waals surface area contributed by atoms with Crippen molar-refractivity contribution in [1.29, 1.82) is 0 Å². The standard InChI is InChI=1S/C16H18FN3O3S/c1-2-7-20(9-15(22)23)8-14(21)19-16-18-13(10-24-16)11-3-5-12(17)6-4-11/h3-6,10H,2,7-9H2,1H3,(H,22,23)(H,18,19,21). The van der Waals surface area contributed by atoms with Gasteiger partial charge < -0.3 is 10.4 Å². The van der Waals surface area contributed by atoms with Crippen molar-refractivity contribution in [3.05, 3.63) is 35.5 Å². The predicted molar refractivity (Wildman–Crippen MR) is 90.5 cm³/mol. The summed E-state index contributed by atoms with van der Waals surface area (Å²) in [4.78, 5) is 28.7. The van der Waals surface area contributed by atoms with Crippen LogP contribution in [0.5, 0.6) is 0 Å². The van der Waals surface area contributed by atoms with Crippen molar-refractivity contribution < 1.29 is 19.1 Å². The number of aliphatic carboxylic acids is 1. The van der Waals surface area contributed by atoms with Gasteiger partial charge in [0.2, 0.25) is 5.91 Å². The Hall–Kier alpha value is -2.32. The molecule has 0 fully saturated rings. The summed E-state index contributed by atoms with van der Waals surface area (Å²) in [6.45, 7) is 2.26. The Balaban J connectivity index is 1.96. The Bertz CT molecular complexity index is 703. The molecular formula is C16H18FN3O3S. The molecule has 0 saturated carbocycles. The van der Waals surface area contributed by atoms with E-state index in [0.717, 1.165) is 12.0 Å². The highest BCUT2D eigenvalue weighted by Crippen LogP contribution is 2.24. The van der Waals surface area contributed by atoms with E-state index in [4.69, 9.17) is 5.11 Å². The van der Waals surface area contributed by atoms with Gasteiger partial charge in [0.05, 0.1) is 18.8 Å². The number of carboxylic acids is 1. The van der Waals surface area contributed by atoms with E-state index < -0.39 is 5.97 Å². The normalized spacial score (nSPS) is 10.8. The highest BCUT2D eigenvalue weighted by molar-refractivity contribution is 7.14. The summed E-state index contributed by atoms with van der Waals surface area (Å²) in [5.74, 6) is -1.61. The van der Waals surface area contributed by atoms with Gasteiger partial charge in [0.15, 0.2) is 5.13 Å². The minimum absolute atomic E-state index is 0.00833. The van der Waals surface area contributed by atoms with Crippen molar-refractivity contribution in [2.24, 2.45) is 0 Å². The molecule has 0 bridgehead atoms. The zero-order valence-corrected chi connectivity index (χ0v) is 14.0. The van der Waals surface area contributed by atoms with Gasteiger partial charge in [-0.1, -0.05) is 6.92 Å². The lowest BCUT2D eigenvalue weighted by atomic mass is 10.2. The van der Waals surface area contributed by atoms with E-state index in [-0.39, 0.29) is 24.8 Å². The third kappa shape index (κ3) is 5.39. The van der Waals surface area contributed by atoms with Crippen molar-refractivity contribution in [2.45, 2.75) is 13.3 Å². The van der Waals surface area contributed by atoms with Crippen LogP contribution in [-0.2, 0) is 9.59 Å². The number of carbonyl (C=O) groups is 2. The van der Waals surface area contributed by atoms with E-state index in [1.165, 1.54) is 23.5 Å². The molecule has 1 aromatic carbocycles. The molecular weight excluding hydrogens is 333 g/mol. The lowest BCUT2D eigenvalue weighted by molar-refractivity contribution is -0.138. The summed E-state index contributed by atoms with van der Waals surface area (Å²) in [5.41, 5.74) is 1.40. The van der Waals surface area contributed by atoms with E-state index in [1.807, 2.05) is 6.92 Å². The molecule has 24 heavy (non-hydrogen) atoms. The summed E-state index contributed by atoms with van der Waals surface area (Å²) in [5, 5.41) is 13.7. The van der Waals surface area contributed by atoms with Gasteiger partial charge in [0.1, 0.15) is 5.82 Å². The van der Waals surface area contributed by atoms with Crippen LogP contribution in [0.15, 0.2) is 29.6 Å². The number of benzene rings is 1. The Labute approximate surface area is 142 Å². The summed E-state index contributed by atoms with van der Waals surface area (Å²) < 4.78 is 12.9. The highest BCUT2D eigenvalue weighted by atomic mass is 32.1. The maximum Gasteiger partial charge on any atom is 0.317 e. The first-order chi connectivity index (χ1) is 11.5. The number of rotatable bonds is 8. The molecule has 0 radical (unpaired) electrons. The van der Waals surface area contributed by atoms with Crippen molar-refractivity contribution in [2.75, 3.05) is 25.0 Å². The molecule has 2 N–H and O–H groups in total. The largest absolute Gasteiger partial charge is 0.480 e. The van der Waals surface area contributed by atoms with Crippen LogP contribution in [0.3, 0.4) is 0 Å². The van der Waals surface area contributed by atoms with E-state index >= 15 is 0 Å². The van der Waals surface area contributed by atoms with E-state index in [0.29, 0.717) is 17.4 Å². The van der Waals surface area contributed by atoms with Crippen LogP contribution in [0.1, 0.15) is 13.3 Å². The van der Waals surface area contributed by atoms with Crippen molar-refractivity contribution in [1.82, 2.24) is 9.88 Å². The second-order valence-corrected chi connectivity index (χ2v) is 6.06. The van der Waals surface area contributed by atoms with Crippen LogP contribution in [0.25, 0.3) is 11.3 Å². The molecule has 1 heterocycles. The second-order valence-electron chi connectivity index (χ2n) is 5.20. The van der Waals surface area contributed by atoms with Gasteiger partial charge in [-0.3, -0.25) is 14.5 Å². The second kappa shape index (κ2) is 8.51. The topological polar surface area (TPSA) is 82.5 Å². The number of nitrogens with one attached hydrogen (secondary N) is 1. The van der Waals surface area contributed by atoms with Crippen LogP contribution in [-0.4, -0.2) is 46.5 Å². The van der Waals surface area contributed by atoms with Crippen LogP contribution >= 0.6 is 11.3 Å². The molecule has 0 spiro atoms. The maximum atomic E-state index is 12.9. The summed E-state index contributed by atoms with van der Waals surface area (Å²) in [6, 6.07) is 5.93. The molecule has 8 heteroatoms. The smallest absolute Gasteiger partial charge is 0.317 e. The predicted octanol–water partition coefficient (Wildman–Crippen LogP) is 2.68. The fourth-order valence-electron chi connectivity index (χ4n) is 2.17. The van der Waals surface area contributed by atoms with Crippen LogP contribution in [0, 0.1) is 5.82 Å². The number of anilines is 1. The third-order valence-electron chi connectivity index (χ3n) is 3.16. The van der Waals surface area contributed by atoms with Crippen molar-refractivity contribution in [3.8, 4) is 11.3 Å². The van der Waals surface area contributed by atoms with Gasteiger partial charge in [-0.2, -0.15) is 0 Å². The Morgan fingerprint density at radius 2 is 2.00 bits per heavy atom. The monoisotopic (exact) mass is 351 g/mol. The van der Waals surface area contributed by atoms with Gasteiger partial charge in [-0.05, 0) is 37.2 Å². The van der Waals surface area contributed by atoms with Gasteiger partial charge in [0.25, 0.3) is 0 Å². The van der Waals surface area contributed by atoms with Crippen LogP contribution in [0.4, 0.5) is 9.52 Å². The molecule has 2 aromatic rings. The fourth-order valence-corrected chi connectivity index (χ4v) is 2.90. The molecule has 0 aliphatic heterocycles. The molecule has 0 unspecified atom stereocenters. The minimum atomic E-state index is -0.968. The molecule has 0 aliphatic rings. The molecule has 1 amide bonds. The summed E-state index contributed by atoms with van der Waals surface area (Å²) in [7, 11) is 0. The number of thiazole rings is 1. The molecule has 128 valence electrons.